The Morgan fingerprint density at radius 2 is 1.58 bits per heavy atom. The van der Waals surface area contributed by atoms with Gasteiger partial charge in [0.2, 0.25) is 0 Å². The number of rotatable bonds is 9. The van der Waals surface area contributed by atoms with Crippen molar-refractivity contribution in [2.75, 3.05) is 37.7 Å². The summed E-state index contributed by atoms with van der Waals surface area (Å²) in [7, 11) is -2.35. The normalized spacial score (nSPS) is 22.4. The Hall–Kier alpha value is -5.22. The molecule has 0 aliphatic carbocycles. The molecule has 4 aliphatic rings. The van der Waals surface area contributed by atoms with Crippen molar-refractivity contribution in [1.29, 1.82) is 0 Å². The second-order valence-corrected chi connectivity index (χ2v) is 25.4. The van der Waals surface area contributed by atoms with E-state index in [1.54, 1.807) is 12.1 Å². The smallest absolute Gasteiger partial charge is 0.319 e. The highest BCUT2D eigenvalue weighted by molar-refractivity contribution is 6.90. The third-order valence-corrected chi connectivity index (χ3v) is 21.4. The molecule has 2 bridgehead atoms. The lowest BCUT2D eigenvalue weighted by Gasteiger charge is -2.38. The van der Waals surface area contributed by atoms with Gasteiger partial charge < -0.3 is 20.1 Å². The number of aromatic hydroxyl groups is 1. The molecule has 0 radical (unpaired) electrons. The minimum absolute atomic E-state index is 0.000703. The van der Waals surface area contributed by atoms with Crippen LogP contribution in [-0.4, -0.2) is 89.6 Å². The van der Waals surface area contributed by atoms with Gasteiger partial charge in [0.25, 0.3) is 0 Å². The van der Waals surface area contributed by atoms with Crippen molar-refractivity contribution >= 4 is 46.3 Å². The number of phenolic OH excluding ortho intramolecular Hbond substituents is 1. The van der Waals surface area contributed by atoms with Gasteiger partial charge in [-0.25, -0.2) is 18.2 Å². The minimum Gasteiger partial charge on any atom is -0.508 e. The van der Waals surface area contributed by atoms with Gasteiger partial charge in [0.1, 0.15) is 49.4 Å². The minimum atomic E-state index is -2.35. The molecular formula is C52H57F3N6O2Si. The number of alkyl halides is 1. The lowest BCUT2D eigenvalue weighted by molar-refractivity contribution is 0.107. The maximum absolute atomic E-state index is 18.3. The van der Waals surface area contributed by atoms with E-state index in [0.717, 1.165) is 48.6 Å². The fourth-order valence-electron chi connectivity index (χ4n) is 12.2. The highest BCUT2D eigenvalue weighted by Gasteiger charge is 2.49. The summed E-state index contributed by atoms with van der Waals surface area (Å²) in [5, 5.41) is 18.3. The number of benzene rings is 4. The standard InChI is InChI=1S/C52H57F3N6O2Si/c1-30(2)64(31(3)4,32(5)6)22-19-41-43(54)18-15-34-23-38(62)24-42(44(34)41)48-46(55)49-45(47(57-48)40-14-9-12-33-11-7-8-13-39(33)40)50(60-27-36-16-17-37(28-60)56-36)59-51(58-49)63-29-52-20-10-21-61(52)26-35(53)25-52/h7-9,11-15,18,23-24,30-32,35-37,56,62H,10,16-17,20-21,25-29H2,1-6H3/t35-,36-,37+,52+/m1/s1. The van der Waals surface area contributed by atoms with E-state index in [9.17, 15) is 9.50 Å². The van der Waals surface area contributed by atoms with Crippen LogP contribution < -0.4 is 15.0 Å². The number of hydrogen-bond donors (Lipinski definition) is 2. The Labute approximate surface area is 374 Å². The van der Waals surface area contributed by atoms with E-state index in [2.05, 4.69) is 68.1 Å². The molecule has 0 spiro atoms. The van der Waals surface area contributed by atoms with Crippen LogP contribution in [0.25, 0.3) is 55.0 Å². The quantitative estimate of drug-likeness (QED) is 0.110. The first kappa shape index (κ1) is 42.7. The monoisotopic (exact) mass is 882 g/mol. The number of nitrogens with one attached hydrogen (secondary N) is 1. The maximum atomic E-state index is 18.3. The number of phenols is 1. The molecule has 2 aromatic heterocycles. The lowest BCUT2D eigenvalue weighted by atomic mass is 9.94. The molecule has 2 N–H and O–H groups in total. The molecule has 4 saturated heterocycles. The summed E-state index contributed by atoms with van der Waals surface area (Å²) >= 11 is 0. The number of ether oxygens (including phenoxy) is 1. The van der Waals surface area contributed by atoms with Gasteiger partial charge in [0.15, 0.2) is 5.82 Å². The van der Waals surface area contributed by atoms with E-state index in [4.69, 9.17) is 19.7 Å². The van der Waals surface area contributed by atoms with Crippen LogP contribution in [-0.2, 0) is 0 Å². The number of anilines is 1. The largest absolute Gasteiger partial charge is 0.508 e. The van der Waals surface area contributed by atoms with Crippen LogP contribution in [0.4, 0.5) is 19.0 Å². The van der Waals surface area contributed by atoms with Gasteiger partial charge in [-0.1, -0.05) is 96.0 Å². The van der Waals surface area contributed by atoms with Gasteiger partial charge in [-0.15, -0.1) is 5.54 Å². The number of aromatic nitrogens is 3. The molecule has 4 aliphatic heterocycles. The molecule has 8 nitrogen and oxygen atoms in total. The topological polar surface area (TPSA) is 86.6 Å². The molecule has 4 atom stereocenters. The molecule has 64 heavy (non-hydrogen) atoms. The average Bonchev–Trinajstić information content (AvgIpc) is 3.92. The Kier molecular flexibility index (Phi) is 10.9. The highest BCUT2D eigenvalue weighted by atomic mass is 28.3. The Bertz CT molecular complexity index is 2840. The number of hydrogen-bond acceptors (Lipinski definition) is 8. The third kappa shape index (κ3) is 7.10. The van der Waals surface area contributed by atoms with Crippen molar-refractivity contribution in [2.24, 2.45) is 0 Å². The van der Waals surface area contributed by atoms with Crippen molar-refractivity contribution in [3.63, 3.8) is 0 Å². The van der Waals surface area contributed by atoms with Gasteiger partial charge in [-0.05, 0) is 83.2 Å². The first-order chi connectivity index (χ1) is 30.8. The molecule has 6 aromatic rings. The highest BCUT2D eigenvalue weighted by Crippen LogP contribution is 2.46. The van der Waals surface area contributed by atoms with E-state index in [1.807, 2.05) is 42.5 Å². The van der Waals surface area contributed by atoms with Crippen molar-refractivity contribution < 1.29 is 23.0 Å². The molecular weight excluding hydrogens is 826 g/mol. The summed E-state index contributed by atoms with van der Waals surface area (Å²) in [6.45, 7) is 15.9. The molecule has 6 heterocycles. The zero-order chi connectivity index (χ0) is 44.7. The van der Waals surface area contributed by atoms with Crippen LogP contribution in [0.2, 0.25) is 16.6 Å². The van der Waals surface area contributed by atoms with E-state index in [0.29, 0.717) is 70.3 Å². The van der Waals surface area contributed by atoms with Crippen LogP contribution in [0.5, 0.6) is 11.8 Å². The first-order valence-electron chi connectivity index (χ1n) is 23.2. The predicted octanol–water partition coefficient (Wildman–Crippen LogP) is 11.1. The number of piperazine rings is 1. The summed E-state index contributed by atoms with van der Waals surface area (Å²) in [5.74, 6) is 2.47. The summed E-state index contributed by atoms with van der Waals surface area (Å²) in [6.07, 6.45) is 3.20. The molecule has 12 heteroatoms. The average molecular weight is 883 g/mol. The second-order valence-electron chi connectivity index (χ2n) is 19.8. The van der Waals surface area contributed by atoms with E-state index in [-0.39, 0.29) is 52.8 Å². The van der Waals surface area contributed by atoms with Crippen molar-refractivity contribution in [1.82, 2.24) is 25.2 Å². The predicted molar refractivity (Wildman–Crippen MR) is 253 cm³/mol. The number of nitrogens with zero attached hydrogens (tertiary/aromatic N) is 5. The summed E-state index contributed by atoms with van der Waals surface area (Å²) in [4.78, 5) is 19.7. The molecule has 4 fully saturated rings. The van der Waals surface area contributed by atoms with E-state index >= 15 is 8.78 Å². The zero-order valence-electron chi connectivity index (χ0n) is 37.6. The van der Waals surface area contributed by atoms with Gasteiger partial charge >= 0.3 is 6.01 Å². The second kappa shape index (κ2) is 16.3. The number of pyridine rings is 1. The van der Waals surface area contributed by atoms with Crippen molar-refractivity contribution in [3.05, 3.63) is 83.9 Å². The maximum Gasteiger partial charge on any atom is 0.319 e. The van der Waals surface area contributed by atoms with Crippen molar-refractivity contribution in [3.8, 4) is 45.7 Å². The molecule has 0 saturated carbocycles. The summed E-state index contributed by atoms with van der Waals surface area (Å²) in [6, 6.07) is 20.4. The fourth-order valence-corrected chi connectivity index (χ4v) is 17.4. The summed E-state index contributed by atoms with van der Waals surface area (Å²) < 4.78 is 56.4. The Morgan fingerprint density at radius 3 is 2.33 bits per heavy atom. The van der Waals surface area contributed by atoms with Gasteiger partial charge in [-0.2, -0.15) is 9.97 Å². The molecule has 10 rings (SSSR count). The first-order valence-corrected chi connectivity index (χ1v) is 25.4. The van der Waals surface area contributed by atoms with Crippen LogP contribution >= 0.6 is 0 Å². The van der Waals surface area contributed by atoms with Gasteiger partial charge in [0, 0.05) is 54.7 Å². The lowest BCUT2D eigenvalue weighted by Crippen LogP contribution is -2.51. The van der Waals surface area contributed by atoms with E-state index < -0.39 is 31.4 Å². The van der Waals surface area contributed by atoms with Gasteiger partial charge in [0.05, 0.1) is 22.2 Å². The van der Waals surface area contributed by atoms with Crippen molar-refractivity contribution in [2.45, 2.75) is 114 Å². The zero-order valence-corrected chi connectivity index (χ0v) is 38.6. The van der Waals surface area contributed by atoms with Crippen LogP contribution in [0.15, 0.2) is 66.7 Å². The van der Waals surface area contributed by atoms with E-state index in [1.165, 1.54) is 12.1 Å². The Balaban J connectivity index is 1.26. The van der Waals surface area contributed by atoms with Crippen LogP contribution in [0, 0.1) is 23.1 Å². The van der Waals surface area contributed by atoms with Crippen LogP contribution in [0.3, 0.4) is 0 Å². The third-order valence-electron chi connectivity index (χ3n) is 15.1. The van der Waals surface area contributed by atoms with Crippen LogP contribution in [0.1, 0.15) is 79.2 Å². The molecule has 332 valence electrons. The number of fused-ring (bicyclic) bond motifs is 6. The molecule has 4 aromatic carbocycles. The fraction of sp³-hybridized carbons (Fsp3) is 0.442. The summed E-state index contributed by atoms with van der Waals surface area (Å²) in [5.41, 5.74) is 5.55. The van der Waals surface area contributed by atoms with Gasteiger partial charge in [-0.3, -0.25) is 4.90 Å². The number of halogens is 3. The molecule has 0 amide bonds. The molecule has 0 unspecified atom stereocenters. The Morgan fingerprint density at radius 1 is 0.844 bits per heavy atom. The SMILES string of the molecule is CC(C)[Si](C#Cc1c(F)ccc2cc(O)cc(-c3nc(-c4cccc5ccccc45)c4c(N5C[C@H]6CC[C@@H](C5)N6)nc(OC[C@@]56CCCN5C[C@H](F)C6)nc4c3F)c12)(C(C)C)C(C)C.